The fourth-order valence-electron chi connectivity index (χ4n) is 5.76. The zero-order valence-electron chi connectivity index (χ0n) is 19.3. The number of nitrogens with zero attached hydrogens (tertiary/aromatic N) is 1. The number of aliphatic hydroxyl groups excluding tert-OH is 1. The van der Waals surface area contributed by atoms with Crippen molar-refractivity contribution in [2.75, 3.05) is 32.6 Å². The topological polar surface area (TPSA) is 120 Å². The van der Waals surface area contributed by atoms with Gasteiger partial charge in [-0.25, -0.2) is 4.31 Å². The number of benzene rings is 2. The first-order valence-electron chi connectivity index (χ1n) is 11.8. The van der Waals surface area contributed by atoms with Crippen LogP contribution in [0.3, 0.4) is 0 Å². The summed E-state index contributed by atoms with van der Waals surface area (Å²) in [5.41, 5.74) is 1.52. The molecule has 0 aromatic heterocycles. The van der Waals surface area contributed by atoms with Crippen LogP contribution in [-0.2, 0) is 20.7 Å². The molecule has 0 spiro atoms. The second-order valence-corrected chi connectivity index (χ2v) is 13.4. The highest BCUT2D eigenvalue weighted by atomic mass is 32.3. The summed E-state index contributed by atoms with van der Waals surface area (Å²) in [4.78, 5) is 0.323. The van der Waals surface area contributed by atoms with E-state index in [0.29, 0.717) is 49.8 Å². The largest absolute Gasteiger partial charge is 0.508 e. The average Bonchev–Trinajstić information content (AvgIpc) is 3.38. The van der Waals surface area contributed by atoms with Gasteiger partial charge in [-0.05, 0) is 61.9 Å². The number of hydrogen-bond acceptors (Lipinski definition) is 6. The number of fused-ring (bicyclic) bond motifs is 1. The van der Waals surface area contributed by atoms with Crippen molar-refractivity contribution >= 4 is 9.53 Å². The van der Waals surface area contributed by atoms with Gasteiger partial charge in [0.25, 0.3) is 0 Å². The van der Waals surface area contributed by atoms with Gasteiger partial charge in [0.1, 0.15) is 23.4 Å². The summed E-state index contributed by atoms with van der Waals surface area (Å²) in [7, 11) is -4.21. The predicted octanol–water partition coefficient (Wildman–Crippen LogP) is 3.08. The van der Waals surface area contributed by atoms with Crippen LogP contribution < -0.4 is 4.74 Å². The standard InChI is InChI=1S/C25H33NO7S/c1-34(30,31,26-8-10-32-11-9-26)20-6-4-19(5-7-20)33-25-21(16-2-3-17(27)12-16)15-22-23(25)13-18(28)14-24(22)29/h4-7,13-14,16-17,21,25,27-29H,2-3,8-12,15H2,1H3,(H,30,31). The van der Waals surface area contributed by atoms with Crippen molar-refractivity contribution in [3.05, 3.63) is 47.5 Å². The lowest BCUT2D eigenvalue weighted by molar-refractivity contribution is 0.0686. The highest BCUT2D eigenvalue weighted by molar-refractivity contribution is 8.12. The molecule has 1 heterocycles. The van der Waals surface area contributed by atoms with Crippen LogP contribution in [0.1, 0.15) is 36.5 Å². The van der Waals surface area contributed by atoms with E-state index in [0.717, 1.165) is 24.0 Å². The summed E-state index contributed by atoms with van der Waals surface area (Å²) >= 11 is 0. The molecular formula is C25H33NO7S. The van der Waals surface area contributed by atoms with Gasteiger partial charge in [0, 0.05) is 42.5 Å². The minimum Gasteiger partial charge on any atom is -0.508 e. The minimum absolute atomic E-state index is 0.0214. The molecule has 9 heteroatoms. The van der Waals surface area contributed by atoms with Crippen molar-refractivity contribution in [2.24, 2.45) is 11.8 Å². The maximum absolute atomic E-state index is 13.6. The fourth-order valence-corrected chi connectivity index (χ4v) is 7.83. The number of aliphatic hydroxyl groups is 1. The molecule has 2 aromatic carbocycles. The SMILES string of the molecule is CS(=O)(O)(c1ccc(OC2c3cc(O)cc(O)c3CC2C2CCC(O)C2)cc1)N1CCOCC1. The Labute approximate surface area is 199 Å². The van der Waals surface area contributed by atoms with Crippen molar-refractivity contribution in [1.29, 1.82) is 0 Å². The van der Waals surface area contributed by atoms with Gasteiger partial charge in [-0.15, -0.1) is 9.53 Å². The second-order valence-electron chi connectivity index (χ2n) is 9.91. The molecule has 5 rings (SSSR count). The van der Waals surface area contributed by atoms with Crippen molar-refractivity contribution in [2.45, 2.75) is 42.8 Å². The Bertz CT molecular complexity index is 1120. The minimum atomic E-state index is -4.21. The van der Waals surface area contributed by atoms with E-state index in [9.17, 15) is 24.1 Å². The quantitative estimate of drug-likeness (QED) is 0.507. The summed E-state index contributed by atoms with van der Waals surface area (Å²) in [5.74, 6) is 0.865. The average molecular weight is 492 g/mol. The van der Waals surface area contributed by atoms with Crippen LogP contribution in [0.25, 0.3) is 0 Å². The molecule has 3 aliphatic rings. The lowest BCUT2D eigenvalue weighted by Gasteiger charge is -2.50. The maximum Gasteiger partial charge on any atom is 0.128 e. The number of phenolic OH excluding ortho intramolecular Hbond substituents is 2. The van der Waals surface area contributed by atoms with Gasteiger partial charge in [-0.3, -0.25) is 4.55 Å². The molecule has 2 aliphatic carbocycles. The first-order chi connectivity index (χ1) is 16.1. The molecule has 8 nitrogen and oxygen atoms in total. The predicted molar refractivity (Wildman–Crippen MR) is 127 cm³/mol. The summed E-state index contributed by atoms with van der Waals surface area (Å²) < 4.78 is 38.1. The first-order valence-corrected chi connectivity index (χ1v) is 14.1. The van der Waals surface area contributed by atoms with Gasteiger partial charge in [0.15, 0.2) is 0 Å². The number of rotatable bonds is 5. The van der Waals surface area contributed by atoms with Gasteiger partial charge < -0.3 is 24.8 Å². The van der Waals surface area contributed by atoms with Crippen LogP contribution >= 0.6 is 0 Å². The highest BCUT2D eigenvalue weighted by Crippen LogP contribution is 2.51. The monoisotopic (exact) mass is 491 g/mol. The number of ether oxygens (including phenoxy) is 2. The first kappa shape index (κ1) is 23.6. The van der Waals surface area contributed by atoms with Crippen LogP contribution in [0.4, 0.5) is 0 Å². The normalized spacial score (nSPS) is 28.9. The van der Waals surface area contributed by atoms with E-state index in [1.165, 1.54) is 12.3 Å². The Morgan fingerprint density at radius 3 is 2.44 bits per heavy atom. The second kappa shape index (κ2) is 8.49. The van der Waals surface area contributed by atoms with E-state index in [1.807, 2.05) is 0 Å². The van der Waals surface area contributed by atoms with Crippen LogP contribution in [0.5, 0.6) is 17.2 Å². The van der Waals surface area contributed by atoms with E-state index in [2.05, 4.69) is 0 Å². The molecule has 2 aromatic rings. The van der Waals surface area contributed by atoms with E-state index in [-0.39, 0.29) is 29.4 Å². The van der Waals surface area contributed by atoms with Crippen molar-refractivity contribution < 1.29 is 33.6 Å². The summed E-state index contributed by atoms with van der Waals surface area (Å²) in [6.45, 7) is 1.61. The Balaban J connectivity index is 1.42. The van der Waals surface area contributed by atoms with Gasteiger partial charge in [0.05, 0.1) is 24.2 Å². The molecule has 2 fully saturated rings. The lowest BCUT2D eigenvalue weighted by atomic mass is 9.86. The molecule has 0 amide bonds. The third-order valence-electron chi connectivity index (χ3n) is 7.64. The van der Waals surface area contributed by atoms with Crippen LogP contribution in [0.2, 0.25) is 0 Å². The van der Waals surface area contributed by atoms with Crippen molar-refractivity contribution in [3.8, 4) is 17.2 Å². The van der Waals surface area contributed by atoms with Crippen molar-refractivity contribution in [3.63, 3.8) is 0 Å². The number of morpholine rings is 1. The third-order valence-corrected chi connectivity index (χ3v) is 10.6. The Hall–Kier alpha value is -2.17. The van der Waals surface area contributed by atoms with E-state index in [1.54, 1.807) is 34.6 Å². The summed E-state index contributed by atoms with van der Waals surface area (Å²) in [5, 5.41) is 30.7. The zero-order chi connectivity index (χ0) is 24.1. The van der Waals surface area contributed by atoms with Crippen LogP contribution in [0.15, 0.2) is 41.3 Å². The Morgan fingerprint density at radius 2 is 1.79 bits per heavy atom. The van der Waals surface area contributed by atoms with E-state index < -0.39 is 15.6 Å². The maximum atomic E-state index is 13.6. The molecule has 34 heavy (non-hydrogen) atoms. The molecule has 4 atom stereocenters. The smallest absolute Gasteiger partial charge is 0.128 e. The molecule has 4 N–H and O–H groups in total. The highest BCUT2D eigenvalue weighted by Gasteiger charge is 2.43. The van der Waals surface area contributed by atoms with Gasteiger partial charge in [-0.1, -0.05) is 0 Å². The Morgan fingerprint density at radius 1 is 1.09 bits per heavy atom. The zero-order valence-corrected chi connectivity index (χ0v) is 20.1. The summed E-state index contributed by atoms with van der Waals surface area (Å²) in [6.07, 6.45) is 3.59. The molecule has 0 radical (unpaired) electrons. The van der Waals surface area contributed by atoms with E-state index in [4.69, 9.17) is 9.47 Å². The third kappa shape index (κ3) is 4.20. The molecule has 1 saturated heterocycles. The lowest BCUT2D eigenvalue weighted by Crippen LogP contribution is -2.54. The summed E-state index contributed by atoms with van der Waals surface area (Å²) in [6, 6.07) is 9.64. The number of hydrogen-bond donors (Lipinski definition) is 4. The Kier molecular flexibility index (Phi) is 5.89. The molecule has 1 aliphatic heterocycles. The molecular weight excluding hydrogens is 458 g/mol. The molecule has 186 valence electrons. The van der Waals surface area contributed by atoms with E-state index >= 15 is 0 Å². The number of aromatic hydroxyl groups is 2. The van der Waals surface area contributed by atoms with Gasteiger partial charge >= 0.3 is 0 Å². The molecule has 0 bridgehead atoms. The van der Waals surface area contributed by atoms with Gasteiger partial charge in [0.2, 0.25) is 0 Å². The molecule has 1 saturated carbocycles. The fraction of sp³-hybridized carbons (Fsp3) is 0.520. The molecule has 4 unspecified atom stereocenters. The van der Waals surface area contributed by atoms with Gasteiger partial charge in [-0.2, -0.15) is 4.21 Å². The van der Waals surface area contributed by atoms with Crippen molar-refractivity contribution in [1.82, 2.24) is 4.31 Å². The van der Waals surface area contributed by atoms with Crippen LogP contribution in [-0.4, -0.2) is 67.0 Å². The number of phenols is 2. The van der Waals surface area contributed by atoms with Crippen LogP contribution in [0, 0.1) is 11.8 Å².